The first kappa shape index (κ1) is 14.4. The Morgan fingerprint density at radius 3 is 2.47 bits per heavy atom. The van der Waals surface area contributed by atoms with Gasteiger partial charge in [0.05, 0.1) is 12.6 Å². The monoisotopic (exact) mass is 216 g/mol. The van der Waals surface area contributed by atoms with Gasteiger partial charge >= 0.3 is 0 Å². The van der Waals surface area contributed by atoms with Gasteiger partial charge in [0, 0.05) is 20.2 Å². The first-order valence-electron chi connectivity index (χ1n) is 5.58. The molecule has 0 aliphatic carbocycles. The van der Waals surface area contributed by atoms with E-state index >= 15 is 0 Å². The molecular weight excluding hydrogens is 192 g/mol. The lowest BCUT2D eigenvalue weighted by Crippen LogP contribution is -2.43. The third-order valence-electron chi connectivity index (χ3n) is 2.17. The van der Waals surface area contributed by atoms with Gasteiger partial charge in [-0.1, -0.05) is 13.8 Å². The fourth-order valence-electron chi connectivity index (χ4n) is 1.11. The van der Waals surface area contributed by atoms with Gasteiger partial charge in [-0.25, -0.2) is 0 Å². The van der Waals surface area contributed by atoms with Crippen molar-refractivity contribution in [2.75, 3.05) is 26.8 Å². The molecule has 0 spiro atoms. The van der Waals surface area contributed by atoms with Crippen LogP contribution in [0.3, 0.4) is 0 Å². The van der Waals surface area contributed by atoms with Crippen LogP contribution in [0.4, 0.5) is 0 Å². The van der Waals surface area contributed by atoms with E-state index < -0.39 is 0 Å². The Morgan fingerprint density at radius 2 is 1.93 bits per heavy atom. The molecule has 0 heterocycles. The van der Waals surface area contributed by atoms with Gasteiger partial charge in [0.2, 0.25) is 5.91 Å². The second-order valence-electron chi connectivity index (χ2n) is 4.14. The van der Waals surface area contributed by atoms with E-state index in [0.717, 1.165) is 13.0 Å². The predicted molar refractivity (Wildman–Crippen MR) is 61.8 cm³/mol. The van der Waals surface area contributed by atoms with E-state index in [1.54, 1.807) is 7.11 Å². The molecule has 2 N–H and O–H groups in total. The van der Waals surface area contributed by atoms with Crippen molar-refractivity contribution in [2.24, 2.45) is 5.92 Å². The fourth-order valence-corrected chi connectivity index (χ4v) is 1.11. The number of carbonyl (C=O) groups excluding carboxylic acids is 1. The zero-order valence-corrected chi connectivity index (χ0v) is 10.3. The number of amides is 1. The third kappa shape index (κ3) is 8.39. The maximum absolute atomic E-state index is 11.5. The van der Waals surface area contributed by atoms with Crippen LogP contribution in [0.1, 0.15) is 27.2 Å². The van der Waals surface area contributed by atoms with Crippen LogP contribution >= 0.6 is 0 Å². The van der Waals surface area contributed by atoms with E-state index in [0.29, 0.717) is 19.1 Å². The number of rotatable bonds is 8. The summed E-state index contributed by atoms with van der Waals surface area (Å²) in [4.78, 5) is 11.5. The Bertz CT molecular complexity index is 172. The number of hydrogen-bond acceptors (Lipinski definition) is 3. The quantitative estimate of drug-likeness (QED) is 0.589. The highest BCUT2D eigenvalue weighted by Gasteiger charge is 2.10. The molecule has 0 fully saturated rings. The van der Waals surface area contributed by atoms with Gasteiger partial charge in [0.25, 0.3) is 0 Å². The topological polar surface area (TPSA) is 50.4 Å². The van der Waals surface area contributed by atoms with Crippen molar-refractivity contribution in [3.63, 3.8) is 0 Å². The van der Waals surface area contributed by atoms with E-state index in [4.69, 9.17) is 4.74 Å². The van der Waals surface area contributed by atoms with Crippen molar-refractivity contribution >= 4 is 5.91 Å². The molecule has 90 valence electrons. The molecule has 0 saturated carbocycles. The minimum atomic E-state index is -0.146. The van der Waals surface area contributed by atoms with Crippen molar-refractivity contribution in [1.29, 1.82) is 0 Å². The zero-order chi connectivity index (χ0) is 11.7. The molecule has 15 heavy (non-hydrogen) atoms. The maximum Gasteiger partial charge on any atom is 0.236 e. The Kier molecular flexibility index (Phi) is 8.33. The molecule has 0 aromatic heterocycles. The van der Waals surface area contributed by atoms with Crippen LogP contribution < -0.4 is 10.6 Å². The van der Waals surface area contributed by atoms with Crippen LogP contribution in [0.15, 0.2) is 0 Å². The Balaban J connectivity index is 3.51. The van der Waals surface area contributed by atoms with E-state index in [1.807, 2.05) is 6.92 Å². The first-order chi connectivity index (χ1) is 7.07. The second kappa shape index (κ2) is 8.68. The van der Waals surface area contributed by atoms with Crippen LogP contribution in [0.2, 0.25) is 0 Å². The summed E-state index contributed by atoms with van der Waals surface area (Å²) in [7, 11) is 1.65. The first-order valence-corrected chi connectivity index (χ1v) is 5.58. The van der Waals surface area contributed by atoms with E-state index in [-0.39, 0.29) is 11.9 Å². The number of hydrogen-bond donors (Lipinski definition) is 2. The lowest BCUT2D eigenvalue weighted by Gasteiger charge is -2.14. The van der Waals surface area contributed by atoms with Gasteiger partial charge < -0.3 is 15.4 Å². The molecule has 0 aliphatic rings. The molecule has 4 heteroatoms. The van der Waals surface area contributed by atoms with Crippen LogP contribution in [0, 0.1) is 5.92 Å². The third-order valence-corrected chi connectivity index (χ3v) is 2.17. The average molecular weight is 216 g/mol. The van der Waals surface area contributed by atoms with Gasteiger partial charge in [-0.2, -0.15) is 0 Å². The summed E-state index contributed by atoms with van der Waals surface area (Å²) in [6.07, 6.45) is 1.02. The molecule has 0 saturated heterocycles. The molecule has 0 aromatic carbocycles. The van der Waals surface area contributed by atoms with Gasteiger partial charge in [0.1, 0.15) is 0 Å². The highest BCUT2D eigenvalue weighted by molar-refractivity contribution is 5.81. The van der Waals surface area contributed by atoms with E-state index in [1.165, 1.54) is 0 Å². The van der Waals surface area contributed by atoms with E-state index in [9.17, 15) is 4.79 Å². The minimum absolute atomic E-state index is 0.0618. The summed E-state index contributed by atoms with van der Waals surface area (Å²) in [5, 5.41) is 5.98. The molecule has 0 bridgehead atoms. The molecule has 0 aromatic rings. The van der Waals surface area contributed by atoms with Crippen LogP contribution in [-0.2, 0) is 9.53 Å². The highest BCUT2D eigenvalue weighted by Crippen LogP contribution is 1.96. The molecular formula is C11H24N2O2. The average Bonchev–Trinajstić information content (AvgIpc) is 2.17. The van der Waals surface area contributed by atoms with Gasteiger partial charge in [-0.05, 0) is 19.3 Å². The maximum atomic E-state index is 11.5. The van der Waals surface area contributed by atoms with Crippen LogP contribution in [-0.4, -0.2) is 38.8 Å². The SMILES string of the molecule is COCCNC(C)C(=O)NCCC(C)C. The lowest BCUT2D eigenvalue weighted by molar-refractivity contribution is -0.122. The Hall–Kier alpha value is -0.610. The number of ether oxygens (including phenoxy) is 1. The summed E-state index contributed by atoms with van der Waals surface area (Å²) < 4.78 is 4.89. The zero-order valence-electron chi connectivity index (χ0n) is 10.3. The van der Waals surface area contributed by atoms with Crippen molar-refractivity contribution in [1.82, 2.24) is 10.6 Å². The van der Waals surface area contributed by atoms with Gasteiger partial charge in [0.15, 0.2) is 0 Å². The molecule has 1 amide bonds. The number of nitrogens with one attached hydrogen (secondary N) is 2. The Labute approximate surface area is 92.8 Å². The molecule has 1 unspecified atom stereocenters. The molecule has 4 nitrogen and oxygen atoms in total. The highest BCUT2D eigenvalue weighted by atomic mass is 16.5. The second-order valence-corrected chi connectivity index (χ2v) is 4.14. The Morgan fingerprint density at radius 1 is 1.27 bits per heavy atom. The standard InChI is InChI=1S/C11H24N2O2/c1-9(2)5-6-13-11(14)10(3)12-7-8-15-4/h9-10,12H,5-8H2,1-4H3,(H,13,14). The summed E-state index contributed by atoms with van der Waals surface area (Å²) in [6, 6.07) is -0.146. The van der Waals surface area contributed by atoms with Crippen LogP contribution in [0.25, 0.3) is 0 Å². The van der Waals surface area contributed by atoms with Crippen molar-refractivity contribution in [2.45, 2.75) is 33.2 Å². The summed E-state index contributed by atoms with van der Waals surface area (Å²) in [6.45, 7) is 8.24. The number of carbonyl (C=O) groups is 1. The predicted octanol–water partition coefficient (Wildman–Crippen LogP) is 0.773. The van der Waals surface area contributed by atoms with Gasteiger partial charge in [-0.15, -0.1) is 0 Å². The summed E-state index contributed by atoms with van der Waals surface area (Å²) in [5.74, 6) is 0.689. The molecule has 1 atom stereocenters. The number of methoxy groups -OCH3 is 1. The summed E-state index contributed by atoms with van der Waals surface area (Å²) in [5.41, 5.74) is 0. The normalized spacial score (nSPS) is 12.9. The molecule has 0 radical (unpaired) electrons. The van der Waals surface area contributed by atoms with Crippen LogP contribution in [0.5, 0.6) is 0 Å². The van der Waals surface area contributed by atoms with E-state index in [2.05, 4.69) is 24.5 Å². The van der Waals surface area contributed by atoms with Crippen molar-refractivity contribution < 1.29 is 9.53 Å². The lowest BCUT2D eigenvalue weighted by atomic mass is 10.1. The fraction of sp³-hybridized carbons (Fsp3) is 0.909. The minimum Gasteiger partial charge on any atom is -0.383 e. The van der Waals surface area contributed by atoms with Gasteiger partial charge in [-0.3, -0.25) is 4.79 Å². The molecule has 0 aliphatic heterocycles. The summed E-state index contributed by atoms with van der Waals surface area (Å²) >= 11 is 0. The van der Waals surface area contributed by atoms with Crippen molar-refractivity contribution in [3.05, 3.63) is 0 Å². The smallest absolute Gasteiger partial charge is 0.236 e. The molecule has 0 rings (SSSR count). The largest absolute Gasteiger partial charge is 0.383 e. The van der Waals surface area contributed by atoms with Crippen molar-refractivity contribution in [3.8, 4) is 0 Å².